The third-order valence-electron chi connectivity index (χ3n) is 1.52. The molecule has 0 spiro atoms. The third kappa shape index (κ3) is 8.71. The van der Waals surface area contributed by atoms with Crippen molar-refractivity contribution < 1.29 is 13.2 Å². The van der Waals surface area contributed by atoms with Gasteiger partial charge in [0, 0.05) is 24.7 Å². The summed E-state index contributed by atoms with van der Waals surface area (Å²) in [6, 6.07) is 0. The van der Waals surface area contributed by atoms with E-state index in [1.807, 2.05) is 11.8 Å². The molecule has 80 valence electrons. The van der Waals surface area contributed by atoms with Gasteiger partial charge in [0.2, 0.25) is 0 Å². The van der Waals surface area contributed by atoms with Gasteiger partial charge in [-0.25, -0.2) is 0 Å². The van der Waals surface area contributed by atoms with Gasteiger partial charge in [0.05, 0.1) is 0 Å². The van der Waals surface area contributed by atoms with Crippen LogP contribution >= 0.6 is 23.4 Å². The summed E-state index contributed by atoms with van der Waals surface area (Å²) >= 11 is 5.49. The topological polar surface area (TPSA) is 3.24 Å². The zero-order valence-corrected chi connectivity index (χ0v) is 8.98. The van der Waals surface area contributed by atoms with Crippen LogP contribution in [0.1, 0.15) is 6.92 Å². The molecule has 0 amide bonds. The molecule has 0 aliphatic rings. The minimum atomic E-state index is -4.11. The molecular formula is C7H13ClF3NS. The van der Waals surface area contributed by atoms with Gasteiger partial charge in [-0.05, 0) is 18.3 Å². The van der Waals surface area contributed by atoms with Gasteiger partial charge in [-0.1, -0.05) is 6.92 Å². The Hall–Kier alpha value is 0.390. The molecule has 0 aliphatic carbocycles. The number of alkyl halides is 4. The van der Waals surface area contributed by atoms with Gasteiger partial charge in [-0.3, -0.25) is 0 Å². The molecule has 0 heterocycles. The Morgan fingerprint density at radius 2 is 1.92 bits per heavy atom. The van der Waals surface area contributed by atoms with Gasteiger partial charge in [0.15, 0.2) is 0 Å². The Morgan fingerprint density at radius 1 is 1.31 bits per heavy atom. The second-order valence-corrected chi connectivity index (χ2v) is 3.96. The molecule has 0 rings (SSSR count). The van der Waals surface area contributed by atoms with E-state index in [-0.39, 0.29) is 17.5 Å². The third-order valence-corrected chi connectivity index (χ3v) is 2.40. The summed E-state index contributed by atoms with van der Waals surface area (Å²) in [6.45, 7) is 3.74. The number of rotatable bonds is 6. The zero-order chi connectivity index (χ0) is 10.3. The Morgan fingerprint density at radius 3 is 2.31 bits per heavy atom. The molecule has 1 nitrogen and oxygen atoms in total. The molecule has 0 bridgehead atoms. The molecule has 0 unspecified atom stereocenters. The number of nitrogens with zero attached hydrogens (tertiary/aromatic N) is 1. The molecule has 13 heavy (non-hydrogen) atoms. The largest absolute Gasteiger partial charge is 0.441 e. The number of thioether (sulfide) groups is 1. The summed E-state index contributed by atoms with van der Waals surface area (Å²) in [7, 11) is 0. The molecular weight excluding hydrogens is 223 g/mol. The highest BCUT2D eigenvalue weighted by Gasteiger charge is 2.27. The minimum Gasteiger partial charge on any atom is -0.302 e. The van der Waals surface area contributed by atoms with Crippen LogP contribution in [0.3, 0.4) is 0 Å². The Labute approximate surface area is 85.6 Å². The molecule has 0 aromatic carbocycles. The Kier molecular flexibility index (Phi) is 6.99. The number of halogens is 4. The van der Waals surface area contributed by atoms with E-state index in [0.717, 1.165) is 6.54 Å². The van der Waals surface area contributed by atoms with Gasteiger partial charge in [0.1, 0.15) is 0 Å². The zero-order valence-electron chi connectivity index (χ0n) is 7.40. The molecule has 0 fully saturated rings. The second-order valence-electron chi connectivity index (χ2n) is 2.42. The van der Waals surface area contributed by atoms with Crippen molar-refractivity contribution in [2.75, 3.05) is 31.3 Å². The standard InChI is InChI=1S/C7H13ClF3NS/c1-2-12(4-3-8)5-6-13-7(9,10)11/h2-6H2,1H3. The molecule has 0 aromatic heterocycles. The predicted octanol–water partition coefficient (Wildman–Crippen LogP) is 2.80. The normalized spacial score (nSPS) is 12.5. The highest BCUT2D eigenvalue weighted by molar-refractivity contribution is 8.00. The van der Waals surface area contributed by atoms with E-state index >= 15 is 0 Å². The predicted molar refractivity (Wildman–Crippen MR) is 51.3 cm³/mol. The summed E-state index contributed by atoms with van der Waals surface area (Å²) in [5.74, 6) is 0.540. The molecule has 0 aliphatic heterocycles. The average Bonchev–Trinajstić information content (AvgIpc) is 2.01. The molecule has 0 radical (unpaired) electrons. The van der Waals surface area contributed by atoms with Crippen LogP contribution in [0, 0.1) is 0 Å². The lowest BCUT2D eigenvalue weighted by Crippen LogP contribution is -2.28. The molecule has 0 saturated carbocycles. The SMILES string of the molecule is CCN(CCCl)CCSC(F)(F)F. The maximum absolute atomic E-state index is 11.7. The van der Waals surface area contributed by atoms with Crippen molar-refractivity contribution in [1.29, 1.82) is 0 Å². The van der Waals surface area contributed by atoms with Crippen molar-refractivity contribution >= 4 is 23.4 Å². The summed E-state index contributed by atoms with van der Waals surface area (Å²) in [5, 5.41) is 0. The fourth-order valence-corrected chi connectivity index (χ4v) is 1.66. The first-order valence-corrected chi connectivity index (χ1v) is 5.50. The fraction of sp³-hybridized carbons (Fsp3) is 1.00. The molecule has 0 saturated heterocycles. The van der Waals surface area contributed by atoms with E-state index < -0.39 is 5.51 Å². The van der Waals surface area contributed by atoms with Crippen LogP contribution in [-0.4, -0.2) is 41.7 Å². The highest BCUT2D eigenvalue weighted by Crippen LogP contribution is 2.29. The molecule has 0 N–H and O–H groups in total. The van der Waals surface area contributed by atoms with Gasteiger partial charge in [-0.15, -0.1) is 11.6 Å². The lowest BCUT2D eigenvalue weighted by atomic mass is 10.5. The van der Waals surface area contributed by atoms with E-state index in [1.54, 1.807) is 0 Å². The van der Waals surface area contributed by atoms with E-state index in [0.29, 0.717) is 19.0 Å². The Bertz CT molecular complexity index is 131. The van der Waals surface area contributed by atoms with Crippen LogP contribution in [0.4, 0.5) is 13.2 Å². The van der Waals surface area contributed by atoms with Crippen molar-refractivity contribution in [3.8, 4) is 0 Å². The first-order chi connectivity index (χ1) is 5.99. The summed E-state index contributed by atoms with van der Waals surface area (Å²) in [4.78, 5) is 1.89. The second kappa shape index (κ2) is 6.79. The van der Waals surface area contributed by atoms with E-state index in [4.69, 9.17) is 11.6 Å². The highest BCUT2D eigenvalue weighted by atomic mass is 35.5. The van der Waals surface area contributed by atoms with E-state index in [1.165, 1.54) is 0 Å². The summed E-state index contributed by atoms with van der Waals surface area (Å²) in [6.07, 6.45) is 0. The molecule has 0 aromatic rings. The minimum absolute atomic E-state index is 0.0184. The number of hydrogen-bond donors (Lipinski definition) is 0. The fourth-order valence-electron chi connectivity index (χ4n) is 0.838. The van der Waals surface area contributed by atoms with Gasteiger partial charge >= 0.3 is 5.51 Å². The first kappa shape index (κ1) is 13.4. The summed E-state index contributed by atoms with van der Waals surface area (Å²) in [5.41, 5.74) is -4.11. The van der Waals surface area contributed by atoms with Crippen molar-refractivity contribution in [2.24, 2.45) is 0 Å². The quantitative estimate of drug-likeness (QED) is 0.652. The maximum atomic E-state index is 11.7. The van der Waals surface area contributed by atoms with Gasteiger partial charge in [0.25, 0.3) is 0 Å². The molecule has 0 atom stereocenters. The van der Waals surface area contributed by atoms with Gasteiger partial charge < -0.3 is 4.90 Å². The monoisotopic (exact) mass is 235 g/mol. The maximum Gasteiger partial charge on any atom is 0.441 e. The van der Waals surface area contributed by atoms with Crippen LogP contribution in [-0.2, 0) is 0 Å². The Balaban J connectivity index is 3.49. The summed E-state index contributed by atoms with van der Waals surface area (Å²) < 4.78 is 35.1. The average molecular weight is 236 g/mol. The van der Waals surface area contributed by atoms with Crippen molar-refractivity contribution in [1.82, 2.24) is 4.90 Å². The van der Waals surface area contributed by atoms with E-state index in [9.17, 15) is 13.2 Å². The van der Waals surface area contributed by atoms with Crippen molar-refractivity contribution in [2.45, 2.75) is 12.4 Å². The van der Waals surface area contributed by atoms with Crippen molar-refractivity contribution in [3.63, 3.8) is 0 Å². The number of hydrogen-bond acceptors (Lipinski definition) is 2. The van der Waals surface area contributed by atoms with Crippen LogP contribution in [0.15, 0.2) is 0 Å². The van der Waals surface area contributed by atoms with Gasteiger partial charge in [-0.2, -0.15) is 13.2 Å². The van der Waals surface area contributed by atoms with Crippen LogP contribution in [0.25, 0.3) is 0 Å². The van der Waals surface area contributed by atoms with E-state index in [2.05, 4.69) is 0 Å². The van der Waals surface area contributed by atoms with Crippen LogP contribution < -0.4 is 0 Å². The smallest absolute Gasteiger partial charge is 0.302 e. The lowest BCUT2D eigenvalue weighted by molar-refractivity contribution is -0.0328. The first-order valence-electron chi connectivity index (χ1n) is 3.98. The van der Waals surface area contributed by atoms with Crippen LogP contribution in [0.5, 0.6) is 0 Å². The van der Waals surface area contributed by atoms with Crippen molar-refractivity contribution in [3.05, 3.63) is 0 Å². The van der Waals surface area contributed by atoms with Crippen LogP contribution in [0.2, 0.25) is 0 Å². The lowest BCUT2D eigenvalue weighted by Gasteiger charge is -2.18. The molecule has 6 heteroatoms.